The van der Waals surface area contributed by atoms with Crippen LogP contribution in [-0.2, 0) is 29.1 Å². The predicted octanol–water partition coefficient (Wildman–Crippen LogP) is -0.600. The highest BCUT2D eigenvalue weighted by molar-refractivity contribution is 7.80. The Morgan fingerprint density at radius 1 is 1.36 bits per heavy atom. The molecule has 39 heavy (non-hydrogen) atoms. The largest absolute Gasteiger partial charge is 0.490 e. The van der Waals surface area contributed by atoms with Crippen molar-refractivity contribution in [2.75, 3.05) is 18.9 Å². The summed E-state index contributed by atoms with van der Waals surface area (Å²) in [6, 6.07) is 5.14. The number of amides is 2. The zero-order valence-electron chi connectivity index (χ0n) is 20.7. The van der Waals surface area contributed by atoms with Gasteiger partial charge in [-0.15, -0.1) is 15.6 Å². The summed E-state index contributed by atoms with van der Waals surface area (Å²) >= 11 is 1.02. The summed E-state index contributed by atoms with van der Waals surface area (Å²) in [5.41, 5.74) is 9.96. The number of oxime groups is 1. The molecule has 16 nitrogen and oxygen atoms in total. The first-order valence-electron chi connectivity index (χ1n) is 11.2. The second-order valence-electron chi connectivity index (χ2n) is 8.69. The van der Waals surface area contributed by atoms with Crippen molar-refractivity contribution < 1.29 is 41.5 Å². The summed E-state index contributed by atoms with van der Waals surface area (Å²) in [6.45, 7) is 2.44. The van der Waals surface area contributed by atoms with Gasteiger partial charge in [-0.25, -0.2) is 4.98 Å². The Morgan fingerprint density at radius 3 is 2.54 bits per heavy atom. The van der Waals surface area contributed by atoms with E-state index in [1.165, 1.54) is 19.2 Å². The summed E-state index contributed by atoms with van der Waals surface area (Å²) in [7, 11) is -4.97. The van der Waals surface area contributed by atoms with Crippen LogP contribution in [0.4, 0.5) is 5.13 Å². The van der Waals surface area contributed by atoms with E-state index < -0.39 is 39.9 Å². The Hall–Kier alpha value is -3.84. The van der Waals surface area contributed by atoms with Crippen LogP contribution < -0.4 is 21.5 Å². The molecule has 1 fully saturated rings. The maximum atomic E-state index is 13.1. The number of aliphatic hydroxyl groups excluding tert-OH is 1. The van der Waals surface area contributed by atoms with Crippen molar-refractivity contribution in [2.24, 2.45) is 10.9 Å². The van der Waals surface area contributed by atoms with Gasteiger partial charge in [0.1, 0.15) is 29.9 Å². The van der Waals surface area contributed by atoms with E-state index >= 15 is 0 Å². The molecule has 2 aromatic rings. The quantitative estimate of drug-likeness (QED) is 0.0566. The Morgan fingerprint density at radius 2 is 2.03 bits per heavy atom. The highest BCUT2D eigenvalue weighted by Gasteiger charge is 2.58. The summed E-state index contributed by atoms with van der Waals surface area (Å²) in [6.07, 6.45) is -0.735. The molecule has 2 amide bonds. The summed E-state index contributed by atoms with van der Waals surface area (Å²) in [5, 5.41) is 25.2. The van der Waals surface area contributed by atoms with E-state index in [0.717, 1.165) is 11.3 Å². The van der Waals surface area contributed by atoms with Crippen LogP contribution in [0.2, 0.25) is 0 Å². The maximum Gasteiger partial charge on any atom is 0.418 e. The third-order valence-electron chi connectivity index (χ3n) is 5.45. The van der Waals surface area contributed by atoms with Gasteiger partial charge in [-0.1, -0.05) is 5.16 Å². The fourth-order valence-electron chi connectivity index (χ4n) is 3.38. The van der Waals surface area contributed by atoms with Crippen molar-refractivity contribution in [1.29, 1.82) is 5.41 Å². The lowest BCUT2D eigenvalue weighted by atomic mass is 9.84. The Bertz CT molecular complexity index is 1360. The van der Waals surface area contributed by atoms with E-state index in [9.17, 15) is 23.1 Å². The van der Waals surface area contributed by atoms with Crippen molar-refractivity contribution >= 4 is 50.2 Å². The lowest BCUT2D eigenvalue weighted by molar-refractivity contribution is -0.218. The maximum absolute atomic E-state index is 13.1. The van der Waals surface area contributed by atoms with Gasteiger partial charge in [-0.3, -0.25) is 19.6 Å². The lowest BCUT2D eigenvalue weighted by Crippen LogP contribution is -2.76. The molecule has 0 saturated carbocycles. The number of hydrogen-bond acceptors (Lipinski definition) is 13. The molecule has 1 aliphatic rings. The molecule has 1 aliphatic heterocycles. The van der Waals surface area contributed by atoms with E-state index in [0.29, 0.717) is 16.4 Å². The Labute approximate surface area is 226 Å². The second kappa shape index (κ2) is 11.9. The first kappa shape index (κ1) is 29.7. The number of aromatic nitrogens is 1. The number of nitrogens with one attached hydrogen (secondary N) is 2. The minimum Gasteiger partial charge on any atom is -0.490 e. The number of hydroxylamine groups is 2. The number of nitrogens with zero attached hydrogens (tertiary/aromatic N) is 3. The summed E-state index contributed by atoms with van der Waals surface area (Å²) < 4.78 is 40.9. The molecular formula is C21H27N7O9S2. The number of hydrogen-bond donors (Lipinski definition) is 6. The number of β-lactam (4-membered cyclic amide) rings is 1. The monoisotopic (exact) mass is 585 g/mol. The van der Waals surface area contributed by atoms with Gasteiger partial charge in [0.15, 0.2) is 16.9 Å². The summed E-state index contributed by atoms with van der Waals surface area (Å²) in [4.78, 5) is 35.1. The predicted molar refractivity (Wildman–Crippen MR) is 138 cm³/mol. The average Bonchev–Trinajstić information content (AvgIpc) is 3.29. The number of benzene rings is 1. The van der Waals surface area contributed by atoms with E-state index in [4.69, 9.17) is 31.0 Å². The van der Waals surface area contributed by atoms with Crippen LogP contribution in [-0.4, -0.2) is 82.4 Å². The molecule has 0 bridgehead atoms. The van der Waals surface area contributed by atoms with Crippen LogP contribution in [0.1, 0.15) is 31.5 Å². The van der Waals surface area contributed by atoms with E-state index in [1.54, 1.807) is 24.3 Å². The van der Waals surface area contributed by atoms with E-state index in [1.807, 2.05) is 0 Å². The number of ether oxygens (including phenoxy) is 1. The number of carbonyl (C=O) groups is 2. The minimum atomic E-state index is -4.97. The average molecular weight is 586 g/mol. The first-order chi connectivity index (χ1) is 18.2. The SMILES string of the molecule is CC1(C)[C@H](NC(=O)/C(=N\O[C@@H](CCO)COc2ccc(C(=N)N)cc2)c2csc(N)n2)C(=O)N1OS(=O)(=O)O. The van der Waals surface area contributed by atoms with Gasteiger partial charge in [-0.05, 0) is 38.1 Å². The van der Waals surface area contributed by atoms with Gasteiger partial charge in [0.2, 0.25) is 0 Å². The molecule has 3 rings (SSSR count). The van der Waals surface area contributed by atoms with Crippen LogP contribution in [0, 0.1) is 5.41 Å². The molecule has 18 heteroatoms. The number of aliphatic hydroxyl groups is 1. The van der Waals surface area contributed by atoms with Gasteiger partial charge in [0.25, 0.3) is 11.8 Å². The van der Waals surface area contributed by atoms with E-state index in [-0.39, 0.29) is 42.0 Å². The summed E-state index contributed by atoms with van der Waals surface area (Å²) in [5.74, 6) is -1.51. The second-order valence-corrected chi connectivity index (χ2v) is 10.6. The Balaban J connectivity index is 1.75. The lowest BCUT2D eigenvalue weighted by Gasteiger charge is -2.50. The van der Waals surface area contributed by atoms with Gasteiger partial charge in [0.05, 0.1) is 5.54 Å². The van der Waals surface area contributed by atoms with E-state index in [2.05, 4.69) is 19.7 Å². The standard InChI is InChI=1S/C21H27N7O9S2/c1-21(2)16(19(31)28(21)37-39(32,33)34)26-18(30)15(14-10-38-20(24)25-14)27-36-13(7-8-29)9-35-12-5-3-11(4-6-12)17(22)23/h3-6,10,13,16,29H,7-9H2,1-2H3,(H3,22,23)(H2,24,25)(H,26,30)(H,32,33,34)/b27-15-/t13-,16+/m0/s1. The highest BCUT2D eigenvalue weighted by atomic mass is 32.3. The molecule has 2 heterocycles. The number of thiazole rings is 1. The molecule has 0 radical (unpaired) electrons. The third-order valence-corrected chi connectivity index (χ3v) is 6.46. The molecule has 2 atom stereocenters. The van der Waals surface area contributed by atoms with Crippen LogP contribution in [0.15, 0.2) is 34.8 Å². The van der Waals surface area contributed by atoms with Crippen LogP contribution in [0.5, 0.6) is 5.75 Å². The number of rotatable bonds is 13. The van der Waals surface area contributed by atoms with Crippen molar-refractivity contribution in [3.63, 3.8) is 0 Å². The van der Waals surface area contributed by atoms with Gasteiger partial charge in [0, 0.05) is 24.0 Å². The van der Waals surface area contributed by atoms with Crippen molar-refractivity contribution in [3.05, 3.63) is 40.9 Å². The Kier molecular flexibility index (Phi) is 9.07. The van der Waals surface area contributed by atoms with Gasteiger partial charge in [-0.2, -0.15) is 13.5 Å². The number of anilines is 1. The normalized spacial score (nSPS) is 17.7. The molecule has 1 saturated heterocycles. The van der Waals surface area contributed by atoms with Crippen molar-refractivity contribution in [2.45, 2.75) is 38.0 Å². The van der Waals surface area contributed by atoms with Crippen LogP contribution >= 0.6 is 11.3 Å². The number of amidine groups is 1. The number of nitrogens with two attached hydrogens (primary N) is 2. The zero-order chi connectivity index (χ0) is 29.0. The fourth-order valence-corrected chi connectivity index (χ4v) is 4.38. The van der Waals surface area contributed by atoms with Gasteiger partial charge >= 0.3 is 10.4 Å². The number of carbonyl (C=O) groups excluding carboxylic acids is 2. The molecule has 8 N–H and O–H groups in total. The fraction of sp³-hybridized carbons (Fsp3) is 0.381. The smallest absolute Gasteiger partial charge is 0.418 e. The molecule has 0 aliphatic carbocycles. The molecule has 0 unspecified atom stereocenters. The molecule has 1 aromatic carbocycles. The van der Waals surface area contributed by atoms with Gasteiger partial charge < -0.3 is 31.5 Å². The van der Waals surface area contributed by atoms with Crippen molar-refractivity contribution in [3.8, 4) is 5.75 Å². The molecule has 1 aromatic heterocycles. The van der Waals surface area contributed by atoms with Crippen LogP contribution in [0.3, 0.4) is 0 Å². The molecular weight excluding hydrogens is 558 g/mol. The van der Waals surface area contributed by atoms with Crippen molar-refractivity contribution in [1.82, 2.24) is 15.4 Å². The van der Waals surface area contributed by atoms with Crippen LogP contribution in [0.25, 0.3) is 0 Å². The number of nitrogen functional groups attached to an aromatic ring is 2. The highest BCUT2D eigenvalue weighted by Crippen LogP contribution is 2.33. The zero-order valence-corrected chi connectivity index (χ0v) is 22.4. The third kappa shape index (κ3) is 7.39. The minimum absolute atomic E-state index is 0.0362. The molecule has 212 valence electrons. The first-order valence-corrected chi connectivity index (χ1v) is 13.4. The topological polar surface area (TPSA) is 253 Å². The molecule has 0 spiro atoms.